The van der Waals surface area contributed by atoms with E-state index in [-0.39, 0.29) is 5.82 Å². The molecule has 0 aromatic carbocycles. The van der Waals surface area contributed by atoms with Crippen LogP contribution >= 0.6 is 0 Å². The fourth-order valence-corrected chi connectivity index (χ4v) is 1.77. The smallest absolute Gasteiger partial charge is 0.377 e. The topological polar surface area (TPSA) is 94.8 Å². The lowest BCUT2D eigenvalue weighted by Gasteiger charge is -2.08. The molecule has 0 spiro atoms. The molecule has 0 bridgehead atoms. The average Bonchev–Trinajstić information content (AvgIpc) is 2.97. The van der Waals surface area contributed by atoms with Crippen molar-refractivity contribution in [3.05, 3.63) is 24.0 Å². The van der Waals surface area contributed by atoms with Gasteiger partial charge in [-0.05, 0) is 13.3 Å². The summed E-state index contributed by atoms with van der Waals surface area (Å²) < 4.78 is 6.03. The minimum Gasteiger partial charge on any atom is -0.463 e. The van der Waals surface area contributed by atoms with Crippen LogP contribution in [0.3, 0.4) is 0 Å². The number of aromatic nitrogens is 5. The Bertz CT molecular complexity index is 601. The number of ether oxygens (including phenoxy) is 1. The van der Waals surface area contributed by atoms with Gasteiger partial charge in [0.1, 0.15) is 18.0 Å². The van der Waals surface area contributed by atoms with Crippen LogP contribution < -0.4 is 5.32 Å². The first-order chi connectivity index (χ1) is 10.2. The van der Waals surface area contributed by atoms with E-state index in [2.05, 4.69) is 37.0 Å². The molecule has 0 saturated carbocycles. The number of rotatable bonds is 6. The molecule has 2 heterocycles. The highest BCUT2D eigenvalue weighted by Gasteiger charge is 2.13. The molecule has 0 saturated heterocycles. The van der Waals surface area contributed by atoms with Crippen molar-refractivity contribution in [2.75, 3.05) is 19.0 Å². The molecule has 0 amide bonds. The number of aryl methyl sites for hydroxylation is 1. The van der Waals surface area contributed by atoms with Crippen molar-refractivity contribution in [3.63, 3.8) is 0 Å². The number of nitrogens with zero attached hydrogens (tertiary/aromatic N) is 5. The summed E-state index contributed by atoms with van der Waals surface area (Å²) >= 11 is 0. The van der Waals surface area contributed by atoms with Gasteiger partial charge in [0.2, 0.25) is 0 Å². The molecule has 8 nitrogen and oxygen atoms in total. The fraction of sp³-hybridized carbons (Fsp3) is 0.462. The Labute approximate surface area is 122 Å². The number of nitrogens with one attached hydrogen (secondary N) is 1. The maximum Gasteiger partial charge on any atom is 0.377 e. The second kappa shape index (κ2) is 6.78. The van der Waals surface area contributed by atoms with E-state index in [1.165, 1.54) is 18.1 Å². The van der Waals surface area contributed by atoms with Gasteiger partial charge < -0.3 is 10.1 Å². The maximum absolute atomic E-state index is 11.4. The molecule has 0 radical (unpaired) electrons. The molecule has 2 rings (SSSR count). The Balaban J connectivity index is 2.37. The zero-order valence-electron chi connectivity index (χ0n) is 12.3. The zero-order chi connectivity index (χ0) is 15.2. The summed E-state index contributed by atoms with van der Waals surface area (Å²) in [7, 11) is 1.29. The highest BCUT2D eigenvalue weighted by molar-refractivity contribution is 5.84. The van der Waals surface area contributed by atoms with Crippen LogP contribution in [0.2, 0.25) is 0 Å². The highest BCUT2D eigenvalue weighted by atomic mass is 16.5. The summed E-state index contributed by atoms with van der Waals surface area (Å²) in [6, 6.07) is 1.76. The number of methoxy groups -OCH3 is 1. The lowest BCUT2D eigenvalue weighted by Crippen LogP contribution is -2.09. The van der Waals surface area contributed by atoms with E-state index >= 15 is 0 Å². The van der Waals surface area contributed by atoms with Crippen molar-refractivity contribution < 1.29 is 9.53 Å². The van der Waals surface area contributed by atoms with E-state index in [4.69, 9.17) is 0 Å². The quantitative estimate of drug-likeness (QED) is 0.799. The Hall–Kier alpha value is -2.51. The van der Waals surface area contributed by atoms with Gasteiger partial charge in [0.15, 0.2) is 5.82 Å². The average molecular weight is 290 g/mol. The van der Waals surface area contributed by atoms with Crippen LogP contribution in [-0.4, -0.2) is 44.4 Å². The summed E-state index contributed by atoms with van der Waals surface area (Å²) in [6.07, 6.45) is 3.14. The van der Waals surface area contributed by atoms with Crippen LogP contribution in [-0.2, 0) is 11.2 Å². The minimum atomic E-state index is -0.580. The first-order valence-electron chi connectivity index (χ1n) is 6.80. The van der Waals surface area contributed by atoms with E-state index in [9.17, 15) is 4.79 Å². The van der Waals surface area contributed by atoms with Gasteiger partial charge in [-0.3, -0.25) is 0 Å². The molecule has 0 aliphatic carbocycles. The van der Waals surface area contributed by atoms with E-state index in [1.807, 2.05) is 6.92 Å². The Morgan fingerprint density at radius 2 is 2.19 bits per heavy atom. The van der Waals surface area contributed by atoms with Crippen molar-refractivity contribution in [2.24, 2.45) is 0 Å². The molecule has 112 valence electrons. The van der Waals surface area contributed by atoms with E-state index in [1.54, 1.807) is 6.07 Å². The maximum atomic E-state index is 11.4. The third kappa shape index (κ3) is 3.53. The summed E-state index contributed by atoms with van der Waals surface area (Å²) in [5.41, 5.74) is 0. The first kappa shape index (κ1) is 14.9. The van der Waals surface area contributed by atoms with Gasteiger partial charge in [-0.2, -0.15) is 0 Å². The third-order valence-corrected chi connectivity index (χ3v) is 2.68. The summed E-state index contributed by atoms with van der Waals surface area (Å²) in [5, 5.41) is 7.22. The highest BCUT2D eigenvalue weighted by Crippen LogP contribution is 2.11. The Kier molecular flexibility index (Phi) is 4.81. The standard InChI is InChI=1S/C13H18N6O2/c1-4-6-9-16-10(14-5-2)7-11(17-9)19-8-15-12(18-19)13(20)21-3/h7-8H,4-6H2,1-3H3,(H,14,16,17). The molecule has 2 aromatic heterocycles. The van der Waals surface area contributed by atoms with Gasteiger partial charge in [-0.25, -0.2) is 24.4 Å². The molecule has 0 aliphatic heterocycles. The summed E-state index contributed by atoms with van der Waals surface area (Å²) in [5.74, 6) is 1.43. The van der Waals surface area contributed by atoms with Crippen LogP contribution in [0.25, 0.3) is 5.82 Å². The molecule has 0 fully saturated rings. The van der Waals surface area contributed by atoms with E-state index in [0.29, 0.717) is 5.82 Å². The largest absolute Gasteiger partial charge is 0.463 e. The SMILES string of the molecule is CCCc1nc(NCC)cc(-n2cnc(C(=O)OC)n2)n1. The first-order valence-corrected chi connectivity index (χ1v) is 6.80. The predicted octanol–water partition coefficient (Wildman–Crippen LogP) is 1.23. The van der Waals surface area contributed by atoms with Gasteiger partial charge in [0, 0.05) is 19.0 Å². The summed E-state index contributed by atoms with van der Waals surface area (Å²) in [4.78, 5) is 24.2. The van der Waals surface area contributed by atoms with Crippen LogP contribution in [0.15, 0.2) is 12.4 Å². The molecular weight excluding hydrogens is 272 g/mol. The molecule has 21 heavy (non-hydrogen) atoms. The number of hydrogen-bond acceptors (Lipinski definition) is 7. The van der Waals surface area contributed by atoms with Crippen LogP contribution in [0.5, 0.6) is 0 Å². The van der Waals surface area contributed by atoms with Crippen molar-refractivity contribution >= 4 is 11.8 Å². The molecular formula is C13H18N6O2. The van der Waals surface area contributed by atoms with Crippen LogP contribution in [0.1, 0.15) is 36.7 Å². The Morgan fingerprint density at radius 1 is 1.38 bits per heavy atom. The van der Waals surface area contributed by atoms with Gasteiger partial charge in [0.05, 0.1) is 7.11 Å². The van der Waals surface area contributed by atoms with E-state index in [0.717, 1.165) is 31.0 Å². The molecule has 2 aromatic rings. The summed E-state index contributed by atoms with van der Waals surface area (Å²) in [6.45, 7) is 4.81. The number of hydrogen-bond donors (Lipinski definition) is 1. The van der Waals surface area contributed by atoms with Crippen LogP contribution in [0.4, 0.5) is 5.82 Å². The van der Waals surface area contributed by atoms with Gasteiger partial charge >= 0.3 is 5.97 Å². The number of esters is 1. The van der Waals surface area contributed by atoms with Crippen molar-refractivity contribution in [1.82, 2.24) is 24.7 Å². The molecule has 0 unspecified atom stereocenters. The van der Waals surface area contributed by atoms with Crippen molar-refractivity contribution in [1.29, 1.82) is 0 Å². The van der Waals surface area contributed by atoms with E-state index < -0.39 is 5.97 Å². The minimum absolute atomic E-state index is 0.00171. The lowest BCUT2D eigenvalue weighted by molar-refractivity contribution is 0.0587. The zero-order valence-corrected chi connectivity index (χ0v) is 12.3. The second-order valence-electron chi connectivity index (χ2n) is 4.31. The van der Waals surface area contributed by atoms with Crippen molar-refractivity contribution in [3.8, 4) is 5.82 Å². The third-order valence-electron chi connectivity index (χ3n) is 2.68. The Morgan fingerprint density at radius 3 is 2.86 bits per heavy atom. The predicted molar refractivity (Wildman–Crippen MR) is 76.4 cm³/mol. The van der Waals surface area contributed by atoms with Gasteiger partial charge in [-0.15, -0.1) is 5.10 Å². The molecule has 0 atom stereocenters. The lowest BCUT2D eigenvalue weighted by atomic mass is 10.3. The fourth-order valence-electron chi connectivity index (χ4n) is 1.77. The molecule has 0 aliphatic rings. The number of carbonyl (C=O) groups excluding carboxylic acids is 1. The monoisotopic (exact) mass is 290 g/mol. The second-order valence-corrected chi connectivity index (χ2v) is 4.31. The number of carbonyl (C=O) groups is 1. The normalized spacial score (nSPS) is 10.4. The number of anilines is 1. The van der Waals surface area contributed by atoms with Crippen molar-refractivity contribution in [2.45, 2.75) is 26.7 Å². The van der Waals surface area contributed by atoms with Gasteiger partial charge in [-0.1, -0.05) is 6.92 Å². The molecule has 8 heteroatoms. The molecule has 1 N–H and O–H groups in total. The van der Waals surface area contributed by atoms with Crippen LogP contribution in [0, 0.1) is 0 Å². The van der Waals surface area contributed by atoms with Gasteiger partial charge in [0.25, 0.3) is 5.82 Å².